The fourth-order valence-electron chi connectivity index (χ4n) is 2.16. The summed E-state index contributed by atoms with van der Waals surface area (Å²) in [5.74, 6) is 0. The quantitative estimate of drug-likeness (QED) is 0.542. The van der Waals surface area contributed by atoms with Gasteiger partial charge >= 0.3 is 0 Å². The molecule has 3 rings (SSSR count). The number of rotatable bonds is 4. The third-order valence-corrected chi connectivity index (χ3v) is 3.28. The number of aromatic nitrogens is 4. The second-order valence-corrected chi connectivity index (χ2v) is 4.65. The molecule has 11 nitrogen and oxygen atoms in total. The van der Waals surface area contributed by atoms with Crippen molar-refractivity contribution in [2.24, 2.45) is 0 Å². The van der Waals surface area contributed by atoms with Gasteiger partial charge in [-0.2, -0.15) is 0 Å². The van der Waals surface area contributed by atoms with Crippen LogP contribution in [0, 0.1) is 25.6 Å². The SMILES string of the molecule is N=c1c2[nH]cnc2ncn1Cc1ccc([N+](=O)[O-])cc1[N+](=O)[O-]. The first-order chi connectivity index (χ1) is 11.0. The van der Waals surface area contributed by atoms with Crippen molar-refractivity contribution in [3.05, 3.63) is 62.1 Å². The first-order valence-corrected chi connectivity index (χ1v) is 6.32. The van der Waals surface area contributed by atoms with Crippen LogP contribution < -0.4 is 5.49 Å². The summed E-state index contributed by atoms with van der Waals surface area (Å²) >= 11 is 0. The number of nitrogens with one attached hydrogen (secondary N) is 2. The molecule has 11 heteroatoms. The smallest absolute Gasteiger partial charge is 0.281 e. The van der Waals surface area contributed by atoms with Gasteiger partial charge < -0.3 is 9.55 Å². The van der Waals surface area contributed by atoms with Gasteiger partial charge in [-0.05, 0) is 6.07 Å². The molecule has 0 aliphatic heterocycles. The highest BCUT2D eigenvalue weighted by molar-refractivity contribution is 5.67. The highest BCUT2D eigenvalue weighted by Gasteiger charge is 2.19. The topological polar surface area (TPSA) is 157 Å². The van der Waals surface area contributed by atoms with Crippen molar-refractivity contribution in [1.82, 2.24) is 19.5 Å². The first-order valence-electron chi connectivity index (χ1n) is 6.32. The van der Waals surface area contributed by atoms with E-state index < -0.39 is 9.85 Å². The number of benzene rings is 1. The predicted molar refractivity (Wildman–Crippen MR) is 76.6 cm³/mol. The molecule has 116 valence electrons. The van der Waals surface area contributed by atoms with Crippen LogP contribution in [0.2, 0.25) is 0 Å². The van der Waals surface area contributed by atoms with E-state index in [9.17, 15) is 20.2 Å². The van der Waals surface area contributed by atoms with Gasteiger partial charge in [-0.25, -0.2) is 9.97 Å². The summed E-state index contributed by atoms with van der Waals surface area (Å²) in [4.78, 5) is 31.2. The molecule has 0 bridgehead atoms. The second kappa shape index (κ2) is 5.29. The van der Waals surface area contributed by atoms with Crippen molar-refractivity contribution >= 4 is 22.5 Å². The zero-order chi connectivity index (χ0) is 16.6. The highest BCUT2D eigenvalue weighted by Crippen LogP contribution is 2.25. The van der Waals surface area contributed by atoms with Gasteiger partial charge in [0.05, 0.1) is 40.7 Å². The standard InChI is InChI=1S/C12H9N7O4/c13-11-10-12(15-5-14-10)16-6-17(11)4-7-1-2-8(18(20)21)3-9(7)19(22)23/h1-3,5-6,13H,4H2,(H,14,15). The Morgan fingerprint density at radius 2 is 2.00 bits per heavy atom. The Morgan fingerprint density at radius 1 is 1.22 bits per heavy atom. The van der Waals surface area contributed by atoms with Crippen LogP contribution in [0.15, 0.2) is 30.9 Å². The van der Waals surface area contributed by atoms with Crippen LogP contribution >= 0.6 is 0 Å². The van der Waals surface area contributed by atoms with E-state index in [1.54, 1.807) is 0 Å². The number of nitro benzene ring substituents is 2. The third-order valence-electron chi connectivity index (χ3n) is 3.28. The van der Waals surface area contributed by atoms with Gasteiger partial charge in [0.25, 0.3) is 11.4 Å². The largest absolute Gasteiger partial charge is 0.340 e. The maximum Gasteiger partial charge on any atom is 0.281 e. The van der Waals surface area contributed by atoms with Crippen molar-refractivity contribution in [2.75, 3.05) is 0 Å². The summed E-state index contributed by atoms with van der Waals surface area (Å²) in [5.41, 5.74) is 0.316. The van der Waals surface area contributed by atoms with Crippen LogP contribution in [0.3, 0.4) is 0 Å². The van der Waals surface area contributed by atoms with E-state index in [-0.39, 0.29) is 29.0 Å². The van der Waals surface area contributed by atoms with Gasteiger partial charge in [-0.3, -0.25) is 25.6 Å². The third kappa shape index (κ3) is 2.50. The van der Waals surface area contributed by atoms with E-state index in [0.717, 1.165) is 6.07 Å². The van der Waals surface area contributed by atoms with E-state index in [0.29, 0.717) is 11.2 Å². The number of hydrogen-bond acceptors (Lipinski definition) is 7. The molecule has 0 amide bonds. The van der Waals surface area contributed by atoms with Crippen LogP contribution in [-0.2, 0) is 6.54 Å². The Balaban J connectivity index is 2.07. The summed E-state index contributed by atoms with van der Waals surface area (Å²) < 4.78 is 1.38. The van der Waals surface area contributed by atoms with Crippen molar-refractivity contribution in [1.29, 1.82) is 5.41 Å². The van der Waals surface area contributed by atoms with E-state index in [2.05, 4.69) is 15.0 Å². The molecule has 0 spiro atoms. The maximum absolute atomic E-state index is 11.1. The van der Waals surface area contributed by atoms with Gasteiger partial charge in [-0.1, -0.05) is 0 Å². The summed E-state index contributed by atoms with van der Waals surface area (Å²) in [5, 5.41) is 29.9. The average Bonchev–Trinajstić information content (AvgIpc) is 2.99. The van der Waals surface area contributed by atoms with Crippen molar-refractivity contribution in [2.45, 2.75) is 6.54 Å². The number of imidazole rings is 1. The number of fused-ring (bicyclic) bond motifs is 1. The first kappa shape index (κ1) is 14.3. The minimum absolute atomic E-state index is 0.0187. The molecule has 0 radical (unpaired) electrons. The molecule has 3 aromatic rings. The Morgan fingerprint density at radius 3 is 2.70 bits per heavy atom. The Kier molecular flexibility index (Phi) is 3.29. The molecule has 0 saturated heterocycles. The monoisotopic (exact) mass is 315 g/mol. The lowest BCUT2D eigenvalue weighted by Gasteiger charge is -2.07. The predicted octanol–water partition coefficient (Wildman–Crippen LogP) is 1.10. The lowest BCUT2D eigenvalue weighted by Crippen LogP contribution is -2.22. The summed E-state index contributed by atoms with van der Waals surface area (Å²) in [6.45, 7) is -0.0187. The molecule has 2 N–H and O–H groups in total. The van der Waals surface area contributed by atoms with Crippen molar-refractivity contribution in [3.63, 3.8) is 0 Å². The van der Waals surface area contributed by atoms with Crippen LogP contribution in [0.1, 0.15) is 5.56 Å². The maximum atomic E-state index is 11.1. The van der Waals surface area contributed by atoms with Crippen LogP contribution in [0.25, 0.3) is 11.2 Å². The summed E-state index contributed by atoms with van der Waals surface area (Å²) in [7, 11) is 0. The lowest BCUT2D eigenvalue weighted by atomic mass is 10.1. The summed E-state index contributed by atoms with van der Waals surface area (Å²) in [6, 6.07) is 3.40. The Labute approximate surface area is 127 Å². The molecular weight excluding hydrogens is 306 g/mol. The zero-order valence-electron chi connectivity index (χ0n) is 11.5. The average molecular weight is 315 g/mol. The zero-order valence-corrected chi connectivity index (χ0v) is 11.5. The molecular formula is C12H9N7O4. The minimum atomic E-state index is -0.696. The Hall–Kier alpha value is -3.63. The second-order valence-electron chi connectivity index (χ2n) is 4.65. The number of H-pyrrole nitrogens is 1. The van der Waals surface area contributed by atoms with Gasteiger partial charge in [0.1, 0.15) is 5.52 Å². The number of hydrogen-bond donors (Lipinski definition) is 2. The number of nitrogens with zero attached hydrogens (tertiary/aromatic N) is 5. The molecule has 0 saturated carbocycles. The van der Waals surface area contributed by atoms with Crippen LogP contribution in [0.4, 0.5) is 11.4 Å². The molecule has 0 aliphatic rings. The van der Waals surface area contributed by atoms with Crippen molar-refractivity contribution < 1.29 is 9.85 Å². The molecule has 2 heterocycles. The molecule has 0 unspecified atom stereocenters. The van der Waals surface area contributed by atoms with E-state index >= 15 is 0 Å². The number of nitro groups is 2. The van der Waals surface area contributed by atoms with Crippen LogP contribution in [0.5, 0.6) is 0 Å². The molecule has 2 aromatic heterocycles. The van der Waals surface area contributed by atoms with Gasteiger partial charge in [0.15, 0.2) is 11.1 Å². The van der Waals surface area contributed by atoms with E-state index in [1.165, 1.54) is 29.4 Å². The molecule has 0 atom stereocenters. The van der Waals surface area contributed by atoms with Gasteiger partial charge in [0.2, 0.25) is 0 Å². The van der Waals surface area contributed by atoms with E-state index in [4.69, 9.17) is 5.41 Å². The van der Waals surface area contributed by atoms with Gasteiger partial charge in [0, 0.05) is 6.07 Å². The lowest BCUT2D eigenvalue weighted by molar-refractivity contribution is -0.394. The molecule has 1 aromatic carbocycles. The molecule has 23 heavy (non-hydrogen) atoms. The molecule has 0 fully saturated rings. The molecule has 0 aliphatic carbocycles. The number of non-ortho nitro benzene ring substituents is 1. The van der Waals surface area contributed by atoms with Crippen molar-refractivity contribution in [3.8, 4) is 0 Å². The fraction of sp³-hybridized carbons (Fsp3) is 0.0833. The highest BCUT2D eigenvalue weighted by atomic mass is 16.6. The normalized spacial score (nSPS) is 10.8. The number of aromatic amines is 1. The minimum Gasteiger partial charge on any atom is -0.340 e. The van der Waals surface area contributed by atoms with Gasteiger partial charge in [-0.15, -0.1) is 0 Å². The Bertz CT molecular complexity index is 990. The fourth-order valence-corrected chi connectivity index (χ4v) is 2.16. The summed E-state index contributed by atoms with van der Waals surface area (Å²) in [6.07, 6.45) is 2.74. The van der Waals surface area contributed by atoms with Crippen LogP contribution in [-0.4, -0.2) is 29.4 Å². The van der Waals surface area contributed by atoms with E-state index in [1.807, 2.05) is 0 Å².